The Morgan fingerprint density at radius 1 is 1.32 bits per heavy atom. The van der Waals surface area contributed by atoms with E-state index in [1.54, 1.807) is 23.5 Å². The minimum atomic E-state index is -0.0887. The van der Waals surface area contributed by atoms with Crippen molar-refractivity contribution in [2.45, 2.75) is 25.7 Å². The first-order valence-electron chi connectivity index (χ1n) is 6.27. The van der Waals surface area contributed by atoms with Crippen molar-refractivity contribution in [1.29, 1.82) is 0 Å². The van der Waals surface area contributed by atoms with Gasteiger partial charge in [-0.1, -0.05) is 11.6 Å². The zero-order chi connectivity index (χ0) is 13.2. The van der Waals surface area contributed by atoms with Crippen molar-refractivity contribution in [3.8, 4) is 0 Å². The van der Waals surface area contributed by atoms with Crippen LogP contribution in [0.5, 0.6) is 0 Å². The molecule has 0 atom stereocenters. The average Bonchev–Trinajstić information content (AvgIpc) is 2.85. The quantitative estimate of drug-likeness (QED) is 0.911. The predicted octanol–water partition coefficient (Wildman–Crippen LogP) is 3.93. The van der Waals surface area contributed by atoms with Crippen LogP contribution < -0.4 is 5.32 Å². The molecule has 1 aliphatic rings. The van der Waals surface area contributed by atoms with Crippen LogP contribution in [0.4, 0.5) is 5.82 Å². The Labute approximate surface area is 120 Å². The number of rotatable bonds is 2. The van der Waals surface area contributed by atoms with Gasteiger partial charge in [0.15, 0.2) is 0 Å². The van der Waals surface area contributed by atoms with E-state index >= 15 is 0 Å². The Kier molecular flexibility index (Phi) is 3.53. The van der Waals surface area contributed by atoms with Gasteiger partial charge in [-0.15, -0.1) is 11.3 Å². The summed E-state index contributed by atoms with van der Waals surface area (Å²) in [5.74, 6) is 0.440. The number of fused-ring (bicyclic) bond motifs is 1. The van der Waals surface area contributed by atoms with Crippen molar-refractivity contribution in [3.63, 3.8) is 0 Å². The molecule has 1 aliphatic carbocycles. The zero-order valence-electron chi connectivity index (χ0n) is 10.3. The first-order valence-corrected chi connectivity index (χ1v) is 7.46. The van der Waals surface area contributed by atoms with E-state index in [0.717, 1.165) is 17.7 Å². The third-order valence-corrected chi connectivity index (χ3v) is 4.65. The molecule has 0 spiro atoms. The number of amides is 1. The second-order valence-electron chi connectivity index (χ2n) is 4.58. The third-order valence-electron chi connectivity index (χ3n) is 3.19. The Balaban J connectivity index is 1.76. The van der Waals surface area contributed by atoms with Crippen LogP contribution in [0.25, 0.3) is 0 Å². The Morgan fingerprint density at radius 3 is 2.89 bits per heavy atom. The highest BCUT2D eigenvalue weighted by atomic mass is 35.5. The fourth-order valence-corrected chi connectivity index (χ4v) is 3.49. The molecule has 0 saturated heterocycles. The van der Waals surface area contributed by atoms with Crippen LogP contribution in [-0.4, -0.2) is 10.9 Å². The minimum absolute atomic E-state index is 0.0887. The predicted molar refractivity (Wildman–Crippen MR) is 78.2 cm³/mol. The van der Waals surface area contributed by atoms with Gasteiger partial charge in [0.25, 0.3) is 5.91 Å². The lowest BCUT2D eigenvalue weighted by Gasteiger charge is -2.08. The summed E-state index contributed by atoms with van der Waals surface area (Å²) in [6, 6.07) is 5.43. The second-order valence-corrected chi connectivity index (χ2v) is 6.16. The van der Waals surface area contributed by atoms with Crippen LogP contribution in [0.1, 0.15) is 33.0 Å². The van der Waals surface area contributed by atoms with Crippen molar-refractivity contribution in [3.05, 3.63) is 44.7 Å². The standard InChI is InChI=1S/C14H13ClN2OS/c15-10-5-6-13(16-8-10)17-14(18)12-7-9-3-1-2-4-11(9)19-12/h5-8H,1-4H2,(H,16,17,18). The number of aromatic nitrogens is 1. The van der Waals surface area contributed by atoms with E-state index in [1.807, 2.05) is 6.07 Å². The third kappa shape index (κ3) is 2.80. The zero-order valence-corrected chi connectivity index (χ0v) is 11.9. The van der Waals surface area contributed by atoms with Gasteiger partial charge >= 0.3 is 0 Å². The summed E-state index contributed by atoms with van der Waals surface area (Å²) >= 11 is 7.36. The minimum Gasteiger partial charge on any atom is -0.306 e. The van der Waals surface area contributed by atoms with Crippen LogP contribution in [-0.2, 0) is 12.8 Å². The summed E-state index contributed by atoms with van der Waals surface area (Å²) in [7, 11) is 0. The lowest BCUT2D eigenvalue weighted by Crippen LogP contribution is -2.11. The van der Waals surface area contributed by atoms with E-state index in [0.29, 0.717) is 10.8 Å². The van der Waals surface area contributed by atoms with E-state index < -0.39 is 0 Å². The fraction of sp³-hybridized carbons (Fsp3) is 0.286. The van der Waals surface area contributed by atoms with Crippen LogP contribution in [0, 0.1) is 0 Å². The lowest BCUT2D eigenvalue weighted by atomic mass is 9.99. The highest BCUT2D eigenvalue weighted by molar-refractivity contribution is 7.14. The van der Waals surface area contributed by atoms with Crippen LogP contribution in [0.3, 0.4) is 0 Å². The van der Waals surface area contributed by atoms with E-state index in [2.05, 4.69) is 10.3 Å². The number of carbonyl (C=O) groups excluding carboxylic acids is 1. The molecule has 3 nitrogen and oxygen atoms in total. The number of hydrogen-bond acceptors (Lipinski definition) is 3. The van der Waals surface area contributed by atoms with Crippen LogP contribution in [0.15, 0.2) is 24.4 Å². The molecule has 0 bridgehead atoms. The molecule has 5 heteroatoms. The van der Waals surface area contributed by atoms with Crippen molar-refractivity contribution >= 4 is 34.7 Å². The molecule has 19 heavy (non-hydrogen) atoms. The number of anilines is 1. The maximum absolute atomic E-state index is 12.1. The van der Waals surface area contributed by atoms with Gasteiger partial charge in [0.1, 0.15) is 5.82 Å². The van der Waals surface area contributed by atoms with Crippen molar-refractivity contribution in [2.75, 3.05) is 5.32 Å². The molecule has 1 N–H and O–H groups in total. The molecule has 98 valence electrons. The van der Waals surface area contributed by atoms with E-state index in [9.17, 15) is 4.79 Å². The van der Waals surface area contributed by atoms with E-state index in [1.165, 1.54) is 29.5 Å². The van der Waals surface area contributed by atoms with Crippen molar-refractivity contribution < 1.29 is 4.79 Å². The summed E-state index contributed by atoms with van der Waals surface area (Å²) < 4.78 is 0. The average molecular weight is 293 g/mol. The van der Waals surface area contributed by atoms with Gasteiger partial charge in [-0.25, -0.2) is 4.98 Å². The first-order chi connectivity index (χ1) is 9.22. The van der Waals surface area contributed by atoms with Crippen LogP contribution in [0.2, 0.25) is 5.02 Å². The van der Waals surface area contributed by atoms with Gasteiger partial charge in [0, 0.05) is 11.1 Å². The maximum atomic E-state index is 12.1. The largest absolute Gasteiger partial charge is 0.306 e. The second kappa shape index (κ2) is 5.31. The van der Waals surface area contributed by atoms with E-state index in [4.69, 9.17) is 11.6 Å². The molecular formula is C14H13ClN2OS. The van der Waals surface area contributed by atoms with Gasteiger partial charge < -0.3 is 5.32 Å². The van der Waals surface area contributed by atoms with Gasteiger partial charge in [-0.3, -0.25) is 4.79 Å². The monoisotopic (exact) mass is 292 g/mol. The molecule has 2 heterocycles. The van der Waals surface area contributed by atoms with Crippen molar-refractivity contribution in [1.82, 2.24) is 4.98 Å². The van der Waals surface area contributed by atoms with Crippen LogP contribution >= 0.6 is 22.9 Å². The fourth-order valence-electron chi connectivity index (χ4n) is 2.23. The molecule has 3 rings (SSSR count). The Bertz CT molecular complexity index is 583. The number of nitrogens with zero attached hydrogens (tertiary/aromatic N) is 1. The smallest absolute Gasteiger partial charge is 0.266 e. The molecule has 0 unspecified atom stereocenters. The first kappa shape index (κ1) is 12.6. The molecule has 0 aliphatic heterocycles. The topological polar surface area (TPSA) is 42.0 Å². The number of carbonyl (C=O) groups is 1. The highest BCUT2D eigenvalue weighted by Crippen LogP contribution is 2.30. The molecule has 0 radical (unpaired) electrons. The summed E-state index contributed by atoms with van der Waals surface area (Å²) in [6.07, 6.45) is 6.18. The Hall–Kier alpha value is -1.39. The number of hydrogen-bond donors (Lipinski definition) is 1. The lowest BCUT2D eigenvalue weighted by molar-refractivity contribution is 0.103. The molecule has 2 aromatic heterocycles. The number of nitrogens with one attached hydrogen (secondary N) is 1. The molecule has 1 amide bonds. The normalized spacial score (nSPS) is 13.9. The summed E-state index contributed by atoms with van der Waals surface area (Å²) in [6.45, 7) is 0. The number of aryl methyl sites for hydroxylation is 2. The summed E-state index contributed by atoms with van der Waals surface area (Å²) in [4.78, 5) is 18.3. The summed E-state index contributed by atoms with van der Waals surface area (Å²) in [5.41, 5.74) is 1.34. The number of thiophene rings is 1. The van der Waals surface area contributed by atoms with Gasteiger partial charge in [-0.05, 0) is 49.4 Å². The highest BCUT2D eigenvalue weighted by Gasteiger charge is 2.17. The summed E-state index contributed by atoms with van der Waals surface area (Å²) in [5, 5.41) is 3.36. The molecular weight excluding hydrogens is 280 g/mol. The maximum Gasteiger partial charge on any atom is 0.266 e. The van der Waals surface area contributed by atoms with Gasteiger partial charge in [-0.2, -0.15) is 0 Å². The molecule has 0 aromatic carbocycles. The molecule has 0 fully saturated rings. The van der Waals surface area contributed by atoms with Crippen molar-refractivity contribution in [2.24, 2.45) is 0 Å². The van der Waals surface area contributed by atoms with Gasteiger partial charge in [0.05, 0.1) is 9.90 Å². The number of halogens is 1. The number of pyridine rings is 1. The molecule has 2 aromatic rings. The Morgan fingerprint density at radius 2 is 2.16 bits per heavy atom. The van der Waals surface area contributed by atoms with Gasteiger partial charge in [0.2, 0.25) is 0 Å². The molecule has 0 saturated carbocycles. The SMILES string of the molecule is O=C(Nc1ccc(Cl)cn1)c1cc2c(s1)CCCC2. The van der Waals surface area contributed by atoms with E-state index in [-0.39, 0.29) is 5.91 Å².